The number of allylic oxidation sites excluding steroid dienone is 1. The zero-order valence-electron chi connectivity index (χ0n) is 9.92. The highest BCUT2D eigenvalue weighted by molar-refractivity contribution is 5.75. The summed E-state index contributed by atoms with van der Waals surface area (Å²) in [6.07, 6.45) is 1.69. The zero-order valence-corrected chi connectivity index (χ0v) is 9.92. The molecule has 92 valence electrons. The number of rotatable bonds is 5. The number of ketones is 1. The van der Waals surface area contributed by atoms with Crippen LogP contribution in [-0.2, 0) is 4.79 Å². The molecular formula is C13H12N2O3. The summed E-state index contributed by atoms with van der Waals surface area (Å²) >= 11 is 0. The molecule has 18 heavy (non-hydrogen) atoms. The van der Waals surface area contributed by atoms with Gasteiger partial charge in [-0.25, -0.2) is 0 Å². The minimum absolute atomic E-state index is 0.00472. The van der Waals surface area contributed by atoms with Crippen LogP contribution in [0.5, 0.6) is 0 Å². The van der Waals surface area contributed by atoms with Gasteiger partial charge in [0.2, 0.25) is 5.70 Å². The first kappa shape index (κ1) is 13.6. The quantitative estimate of drug-likeness (QED) is 0.588. The number of carbonyl (C=O) groups is 1. The number of Topliss-reactive ketones (excluding diaryl/α,β-unsaturated/α-hetero) is 1. The Hall–Kier alpha value is -2.48. The number of nitrogens with zero attached hydrogens (tertiary/aromatic N) is 2. The summed E-state index contributed by atoms with van der Waals surface area (Å²) in [5, 5.41) is 19.4. The SMILES string of the molecule is CC(=O)CC/C(=C\c1ccc(C#N)cc1)[N+](=O)[O-]. The summed E-state index contributed by atoms with van der Waals surface area (Å²) in [7, 11) is 0. The van der Waals surface area contributed by atoms with E-state index in [1.165, 1.54) is 13.0 Å². The fraction of sp³-hybridized carbons (Fsp3) is 0.231. The summed E-state index contributed by atoms with van der Waals surface area (Å²) in [5.74, 6) is -0.0809. The topological polar surface area (TPSA) is 84.0 Å². The smallest absolute Gasteiger partial charge is 0.247 e. The van der Waals surface area contributed by atoms with Crippen LogP contribution < -0.4 is 0 Å². The van der Waals surface area contributed by atoms with Crippen molar-refractivity contribution >= 4 is 11.9 Å². The lowest BCUT2D eigenvalue weighted by Gasteiger charge is -1.98. The molecule has 0 amide bonds. The first-order valence-electron chi connectivity index (χ1n) is 5.37. The molecular weight excluding hydrogens is 232 g/mol. The van der Waals surface area contributed by atoms with Crippen molar-refractivity contribution in [3.63, 3.8) is 0 Å². The van der Waals surface area contributed by atoms with Crippen molar-refractivity contribution in [1.82, 2.24) is 0 Å². The molecule has 0 aliphatic rings. The van der Waals surface area contributed by atoms with Gasteiger partial charge in [-0.1, -0.05) is 12.1 Å². The minimum atomic E-state index is -0.485. The first-order chi connectivity index (χ1) is 8.52. The molecule has 1 aromatic carbocycles. The number of nitriles is 1. The second kappa shape index (κ2) is 6.30. The van der Waals surface area contributed by atoms with Crippen LogP contribution in [0.3, 0.4) is 0 Å². The number of carbonyl (C=O) groups excluding carboxylic acids is 1. The van der Waals surface area contributed by atoms with Gasteiger partial charge in [0.05, 0.1) is 16.6 Å². The molecule has 0 aliphatic carbocycles. The molecule has 0 aliphatic heterocycles. The van der Waals surface area contributed by atoms with Gasteiger partial charge in [0.1, 0.15) is 5.78 Å². The Morgan fingerprint density at radius 3 is 2.44 bits per heavy atom. The molecule has 0 aromatic heterocycles. The molecule has 0 heterocycles. The van der Waals surface area contributed by atoms with Gasteiger partial charge >= 0.3 is 0 Å². The summed E-state index contributed by atoms with van der Waals surface area (Å²) in [6.45, 7) is 1.40. The van der Waals surface area contributed by atoms with Gasteiger partial charge in [-0.3, -0.25) is 10.1 Å². The van der Waals surface area contributed by atoms with Crippen LogP contribution in [0.15, 0.2) is 30.0 Å². The molecule has 0 unspecified atom stereocenters. The third-order valence-electron chi connectivity index (χ3n) is 2.34. The highest BCUT2D eigenvalue weighted by Gasteiger charge is 2.11. The van der Waals surface area contributed by atoms with Gasteiger partial charge in [0.25, 0.3) is 0 Å². The van der Waals surface area contributed by atoms with Crippen LogP contribution in [0.4, 0.5) is 0 Å². The predicted octanol–water partition coefficient (Wildman–Crippen LogP) is 2.55. The van der Waals surface area contributed by atoms with Crippen molar-refractivity contribution in [1.29, 1.82) is 5.26 Å². The molecule has 0 saturated heterocycles. The molecule has 0 radical (unpaired) electrons. The van der Waals surface area contributed by atoms with Crippen molar-refractivity contribution in [3.05, 3.63) is 51.2 Å². The molecule has 0 bridgehead atoms. The standard InChI is InChI=1S/C13H12N2O3/c1-10(16)2-7-13(15(17)18)8-11-3-5-12(9-14)6-4-11/h3-6,8H,2,7H2,1H3/b13-8+. The molecule has 5 heteroatoms. The Morgan fingerprint density at radius 2 is 2.00 bits per heavy atom. The van der Waals surface area contributed by atoms with Crippen LogP contribution in [0.1, 0.15) is 30.9 Å². The van der Waals surface area contributed by atoms with E-state index in [0.717, 1.165) is 0 Å². The summed E-state index contributed by atoms with van der Waals surface area (Å²) in [6, 6.07) is 8.42. The van der Waals surface area contributed by atoms with Gasteiger partial charge in [0.15, 0.2) is 0 Å². The Bertz CT molecular complexity index is 524. The van der Waals surface area contributed by atoms with Crippen molar-refractivity contribution < 1.29 is 9.72 Å². The van der Waals surface area contributed by atoms with E-state index in [4.69, 9.17) is 5.26 Å². The molecule has 5 nitrogen and oxygen atoms in total. The van der Waals surface area contributed by atoms with E-state index in [1.54, 1.807) is 24.3 Å². The lowest BCUT2D eigenvalue weighted by Crippen LogP contribution is -2.01. The van der Waals surface area contributed by atoms with E-state index >= 15 is 0 Å². The van der Waals surface area contributed by atoms with Crippen molar-refractivity contribution in [3.8, 4) is 6.07 Å². The number of nitro groups is 1. The van der Waals surface area contributed by atoms with Crippen molar-refractivity contribution in [2.24, 2.45) is 0 Å². The maximum Gasteiger partial charge on any atom is 0.247 e. The highest BCUT2D eigenvalue weighted by atomic mass is 16.6. The van der Waals surface area contributed by atoms with Crippen LogP contribution in [-0.4, -0.2) is 10.7 Å². The molecule has 0 N–H and O–H groups in total. The van der Waals surface area contributed by atoms with E-state index in [9.17, 15) is 14.9 Å². The Balaban J connectivity index is 2.90. The predicted molar refractivity (Wildman–Crippen MR) is 66.0 cm³/mol. The second-order valence-electron chi connectivity index (χ2n) is 3.83. The van der Waals surface area contributed by atoms with E-state index in [1.807, 2.05) is 6.07 Å². The van der Waals surface area contributed by atoms with E-state index in [0.29, 0.717) is 11.1 Å². The first-order valence-corrected chi connectivity index (χ1v) is 5.37. The minimum Gasteiger partial charge on any atom is -0.300 e. The Kier molecular flexibility index (Phi) is 4.76. The van der Waals surface area contributed by atoms with Gasteiger partial charge in [-0.05, 0) is 24.6 Å². The monoisotopic (exact) mass is 244 g/mol. The summed E-state index contributed by atoms with van der Waals surface area (Å²) in [4.78, 5) is 21.1. The maximum atomic E-state index is 10.8. The van der Waals surface area contributed by atoms with Crippen molar-refractivity contribution in [2.45, 2.75) is 19.8 Å². The number of hydrogen-bond acceptors (Lipinski definition) is 4. The van der Waals surface area contributed by atoms with E-state index in [-0.39, 0.29) is 24.3 Å². The molecule has 1 aromatic rings. The van der Waals surface area contributed by atoms with Crippen molar-refractivity contribution in [2.75, 3.05) is 0 Å². The highest BCUT2D eigenvalue weighted by Crippen LogP contribution is 2.13. The average molecular weight is 244 g/mol. The van der Waals surface area contributed by atoms with Crippen LogP contribution >= 0.6 is 0 Å². The normalized spacial score (nSPS) is 10.8. The second-order valence-corrected chi connectivity index (χ2v) is 3.83. The molecule has 0 spiro atoms. The number of hydrogen-bond donors (Lipinski definition) is 0. The van der Waals surface area contributed by atoms with Gasteiger partial charge in [-0.15, -0.1) is 0 Å². The summed E-state index contributed by atoms with van der Waals surface area (Å²) < 4.78 is 0. The third kappa shape index (κ3) is 4.18. The average Bonchev–Trinajstić information content (AvgIpc) is 2.34. The van der Waals surface area contributed by atoms with E-state index < -0.39 is 4.92 Å². The molecule has 1 rings (SSSR count). The third-order valence-corrected chi connectivity index (χ3v) is 2.34. The van der Waals surface area contributed by atoms with Gasteiger partial charge < -0.3 is 4.79 Å². The van der Waals surface area contributed by atoms with Gasteiger partial charge in [-0.2, -0.15) is 5.26 Å². The molecule has 0 fully saturated rings. The fourth-order valence-electron chi connectivity index (χ4n) is 1.37. The van der Waals surface area contributed by atoms with E-state index in [2.05, 4.69) is 0 Å². The molecule has 0 atom stereocenters. The lowest BCUT2D eigenvalue weighted by atomic mass is 10.1. The Labute approximate surface area is 105 Å². The van der Waals surface area contributed by atoms with Crippen LogP contribution in [0.2, 0.25) is 0 Å². The Morgan fingerprint density at radius 1 is 1.39 bits per heavy atom. The van der Waals surface area contributed by atoms with Crippen LogP contribution in [0.25, 0.3) is 6.08 Å². The lowest BCUT2D eigenvalue weighted by molar-refractivity contribution is -0.426. The fourth-order valence-corrected chi connectivity index (χ4v) is 1.37. The largest absolute Gasteiger partial charge is 0.300 e. The van der Waals surface area contributed by atoms with Crippen LogP contribution in [0, 0.1) is 21.4 Å². The zero-order chi connectivity index (χ0) is 13.5. The maximum absolute atomic E-state index is 10.8. The number of benzene rings is 1. The summed E-state index contributed by atoms with van der Waals surface area (Å²) in [5.41, 5.74) is 1.14. The molecule has 0 saturated carbocycles. The van der Waals surface area contributed by atoms with Gasteiger partial charge in [0, 0.05) is 18.9 Å².